The van der Waals surface area contributed by atoms with Crippen LogP contribution in [0.5, 0.6) is 0 Å². The summed E-state index contributed by atoms with van der Waals surface area (Å²) < 4.78 is 2.07. The van der Waals surface area contributed by atoms with Gasteiger partial charge in [-0.1, -0.05) is 31.2 Å². The Morgan fingerprint density at radius 2 is 2.20 bits per heavy atom. The van der Waals surface area contributed by atoms with Crippen molar-refractivity contribution in [3.8, 4) is 0 Å². The molecule has 0 spiro atoms. The summed E-state index contributed by atoms with van der Waals surface area (Å²) in [6.45, 7) is 5.25. The van der Waals surface area contributed by atoms with E-state index in [4.69, 9.17) is 0 Å². The van der Waals surface area contributed by atoms with E-state index < -0.39 is 0 Å². The number of benzene rings is 1. The van der Waals surface area contributed by atoms with Crippen LogP contribution >= 0.6 is 0 Å². The summed E-state index contributed by atoms with van der Waals surface area (Å²) in [4.78, 5) is 0. The zero-order valence-electron chi connectivity index (χ0n) is 12.3. The number of nitrogens with zero attached hydrogens (tertiary/aromatic N) is 2. The van der Waals surface area contributed by atoms with Crippen LogP contribution < -0.4 is 5.32 Å². The van der Waals surface area contributed by atoms with E-state index in [0.717, 1.165) is 18.7 Å². The molecule has 3 heteroatoms. The van der Waals surface area contributed by atoms with Crippen LogP contribution in [-0.2, 0) is 13.0 Å². The molecule has 1 aromatic carbocycles. The second-order valence-electron chi connectivity index (χ2n) is 5.72. The summed E-state index contributed by atoms with van der Waals surface area (Å²) in [6.07, 6.45) is 5.60. The predicted octanol–water partition coefficient (Wildman–Crippen LogP) is 3.63. The zero-order valence-corrected chi connectivity index (χ0v) is 12.3. The molecule has 2 unspecified atom stereocenters. The molecule has 2 atom stereocenters. The molecule has 0 amide bonds. The average Bonchev–Trinajstić information content (AvgIpc) is 3.11. The van der Waals surface area contributed by atoms with Crippen molar-refractivity contribution in [1.29, 1.82) is 0 Å². The Kier molecular flexibility index (Phi) is 3.88. The molecule has 3 rings (SSSR count). The van der Waals surface area contributed by atoms with E-state index in [9.17, 15) is 0 Å². The molecular weight excluding hydrogens is 246 g/mol. The maximum absolute atomic E-state index is 4.65. The third-order valence-corrected chi connectivity index (χ3v) is 4.37. The standard InChI is InChI=1S/C17H23N3/c1-3-13(2)20-11-10-15(19-20)12-18-17-9-8-14-6-4-5-7-16(14)17/h4-7,10-11,13,17-18H,3,8-9,12H2,1-2H3. The first-order valence-electron chi connectivity index (χ1n) is 7.63. The van der Waals surface area contributed by atoms with Crippen molar-refractivity contribution in [2.45, 2.75) is 51.7 Å². The van der Waals surface area contributed by atoms with Gasteiger partial charge in [0.2, 0.25) is 0 Å². The first-order chi connectivity index (χ1) is 9.78. The fourth-order valence-corrected chi connectivity index (χ4v) is 2.90. The molecule has 0 radical (unpaired) electrons. The van der Waals surface area contributed by atoms with Crippen LogP contribution in [0.15, 0.2) is 36.5 Å². The summed E-state index contributed by atoms with van der Waals surface area (Å²) in [7, 11) is 0. The maximum atomic E-state index is 4.65. The van der Waals surface area contributed by atoms with Gasteiger partial charge in [0.15, 0.2) is 0 Å². The van der Waals surface area contributed by atoms with Crippen LogP contribution in [0.1, 0.15) is 55.6 Å². The largest absolute Gasteiger partial charge is 0.304 e. The van der Waals surface area contributed by atoms with Gasteiger partial charge in [0, 0.05) is 24.8 Å². The third kappa shape index (κ3) is 2.63. The second kappa shape index (κ2) is 5.80. The Morgan fingerprint density at radius 1 is 1.35 bits per heavy atom. The molecule has 0 fully saturated rings. The van der Waals surface area contributed by atoms with Crippen molar-refractivity contribution >= 4 is 0 Å². The fraction of sp³-hybridized carbons (Fsp3) is 0.471. The van der Waals surface area contributed by atoms with E-state index in [2.05, 4.69) is 65.5 Å². The van der Waals surface area contributed by atoms with Gasteiger partial charge in [0.05, 0.1) is 5.69 Å². The van der Waals surface area contributed by atoms with Gasteiger partial charge in [-0.05, 0) is 43.4 Å². The third-order valence-electron chi connectivity index (χ3n) is 4.37. The quantitative estimate of drug-likeness (QED) is 0.898. The van der Waals surface area contributed by atoms with Gasteiger partial charge in [0.1, 0.15) is 0 Å². The highest BCUT2D eigenvalue weighted by Gasteiger charge is 2.21. The summed E-state index contributed by atoms with van der Waals surface area (Å²) in [6, 6.07) is 11.9. The molecule has 106 valence electrons. The SMILES string of the molecule is CCC(C)n1ccc(CNC2CCc3ccccc32)n1. The van der Waals surface area contributed by atoms with E-state index in [0.29, 0.717) is 12.1 Å². The highest BCUT2D eigenvalue weighted by Crippen LogP contribution is 2.30. The van der Waals surface area contributed by atoms with Crippen molar-refractivity contribution < 1.29 is 0 Å². The molecule has 1 aliphatic rings. The normalized spacial score (nSPS) is 19.0. The van der Waals surface area contributed by atoms with Crippen LogP contribution in [0, 0.1) is 0 Å². The molecule has 1 aromatic heterocycles. The van der Waals surface area contributed by atoms with Crippen molar-refractivity contribution in [2.24, 2.45) is 0 Å². The number of hydrogen-bond donors (Lipinski definition) is 1. The smallest absolute Gasteiger partial charge is 0.0762 e. The maximum Gasteiger partial charge on any atom is 0.0762 e. The average molecular weight is 269 g/mol. The summed E-state index contributed by atoms with van der Waals surface area (Å²) >= 11 is 0. The zero-order chi connectivity index (χ0) is 13.9. The summed E-state index contributed by atoms with van der Waals surface area (Å²) in [5.41, 5.74) is 4.10. The van der Waals surface area contributed by atoms with E-state index in [1.165, 1.54) is 24.0 Å². The summed E-state index contributed by atoms with van der Waals surface area (Å²) in [5, 5.41) is 8.30. The van der Waals surface area contributed by atoms with E-state index in [1.807, 2.05) is 0 Å². The van der Waals surface area contributed by atoms with E-state index in [1.54, 1.807) is 0 Å². The van der Waals surface area contributed by atoms with Crippen molar-refractivity contribution in [1.82, 2.24) is 15.1 Å². The molecule has 1 N–H and O–H groups in total. The van der Waals surface area contributed by atoms with Gasteiger partial charge in [-0.3, -0.25) is 4.68 Å². The minimum absolute atomic E-state index is 0.482. The molecule has 1 aliphatic carbocycles. The molecule has 2 aromatic rings. The number of nitrogens with one attached hydrogen (secondary N) is 1. The molecule has 0 aliphatic heterocycles. The highest BCUT2D eigenvalue weighted by molar-refractivity contribution is 5.34. The van der Waals surface area contributed by atoms with Crippen LogP contribution in [0.25, 0.3) is 0 Å². The first kappa shape index (κ1) is 13.4. The van der Waals surface area contributed by atoms with Crippen molar-refractivity contribution in [3.05, 3.63) is 53.3 Å². The predicted molar refractivity (Wildman–Crippen MR) is 81.6 cm³/mol. The lowest BCUT2D eigenvalue weighted by molar-refractivity contribution is 0.465. The van der Waals surface area contributed by atoms with Crippen LogP contribution in [0.4, 0.5) is 0 Å². The number of fused-ring (bicyclic) bond motifs is 1. The first-order valence-corrected chi connectivity index (χ1v) is 7.63. The van der Waals surface area contributed by atoms with Gasteiger partial charge in [0.25, 0.3) is 0 Å². The molecule has 0 saturated heterocycles. The second-order valence-corrected chi connectivity index (χ2v) is 5.72. The number of aromatic nitrogens is 2. The van der Waals surface area contributed by atoms with Crippen LogP contribution in [-0.4, -0.2) is 9.78 Å². The Labute approximate surface area is 121 Å². The van der Waals surface area contributed by atoms with Crippen LogP contribution in [0.2, 0.25) is 0 Å². The monoisotopic (exact) mass is 269 g/mol. The topological polar surface area (TPSA) is 29.9 Å². The Morgan fingerprint density at radius 3 is 3.05 bits per heavy atom. The van der Waals surface area contributed by atoms with Crippen molar-refractivity contribution in [3.63, 3.8) is 0 Å². The Bertz CT molecular complexity index is 573. The lowest BCUT2D eigenvalue weighted by Gasteiger charge is -2.13. The minimum atomic E-state index is 0.482. The molecule has 1 heterocycles. The minimum Gasteiger partial charge on any atom is -0.304 e. The number of hydrogen-bond acceptors (Lipinski definition) is 2. The Hall–Kier alpha value is -1.61. The molecule has 0 saturated carbocycles. The fourth-order valence-electron chi connectivity index (χ4n) is 2.90. The number of rotatable bonds is 5. The lowest BCUT2D eigenvalue weighted by Crippen LogP contribution is -2.19. The van der Waals surface area contributed by atoms with Gasteiger partial charge < -0.3 is 5.32 Å². The van der Waals surface area contributed by atoms with Gasteiger partial charge in [-0.2, -0.15) is 5.10 Å². The molecule has 20 heavy (non-hydrogen) atoms. The molecule has 0 bridgehead atoms. The van der Waals surface area contributed by atoms with Crippen molar-refractivity contribution in [2.75, 3.05) is 0 Å². The lowest BCUT2D eigenvalue weighted by atomic mass is 10.1. The van der Waals surface area contributed by atoms with Gasteiger partial charge in [-0.25, -0.2) is 0 Å². The van der Waals surface area contributed by atoms with Gasteiger partial charge in [-0.15, -0.1) is 0 Å². The van der Waals surface area contributed by atoms with Gasteiger partial charge >= 0.3 is 0 Å². The van der Waals surface area contributed by atoms with E-state index in [-0.39, 0.29) is 0 Å². The summed E-state index contributed by atoms with van der Waals surface area (Å²) in [5.74, 6) is 0. The molecule has 3 nitrogen and oxygen atoms in total. The number of aryl methyl sites for hydroxylation is 1. The molecular formula is C17H23N3. The van der Waals surface area contributed by atoms with Crippen LogP contribution in [0.3, 0.4) is 0 Å². The van der Waals surface area contributed by atoms with E-state index >= 15 is 0 Å². The Balaban J connectivity index is 1.62. The highest BCUT2D eigenvalue weighted by atomic mass is 15.3.